The largest absolute Gasteiger partial charge is 0.370 e. The van der Waals surface area contributed by atoms with Crippen molar-refractivity contribution in [2.45, 2.75) is 33.0 Å². The second-order valence-corrected chi connectivity index (χ2v) is 4.78. The number of ether oxygens (including phenoxy) is 3. The molecule has 1 atom stereocenters. The highest BCUT2D eigenvalue weighted by atomic mass is 16.7. The fraction of sp³-hybridized carbons (Fsp3) is 1.00. The van der Waals surface area contributed by atoms with Crippen molar-refractivity contribution >= 4 is 0 Å². The number of unbranched alkanes of at least 4 members (excludes halogenated alkanes) is 1. The van der Waals surface area contributed by atoms with E-state index >= 15 is 0 Å². The number of nitrogens with zero attached hydrogens (tertiary/aromatic N) is 1. The summed E-state index contributed by atoms with van der Waals surface area (Å²) >= 11 is 0. The van der Waals surface area contributed by atoms with Crippen molar-refractivity contribution in [2.75, 3.05) is 53.1 Å². The standard InChI is InChI=1S/C13H28NO3/c1-4-6-7-14(8-10-16-11-9-14)12-13(15-3)17-5-2/h13H,4-12H2,1-3H3/q+1. The Morgan fingerprint density at radius 3 is 2.47 bits per heavy atom. The lowest BCUT2D eigenvalue weighted by Crippen LogP contribution is -2.59. The molecule has 1 aliphatic rings. The molecule has 102 valence electrons. The molecule has 4 nitrogen and oxygen atoms in total. The first-order chi connectivity index (χ1) is 8.26. The van der Waals surface area contributed by atoms with Crippen LogP contribution in [0.1, 0.15) is 26.7 Å². The zero-order valence-electron chi connectivity index (χ0n) is 11.6. The Morgan fingerprint density at radius 2 is 1.94 bits per heavy atom. The van der Waals surface area contributed by atoms with Crippen LogP contribution in [0.25, 0.3) is 0 Å². The molecule has 1 rings (SSSR count). The number of morpholine rings is 1. The lowest BCUT2D eigenvalue weighted by atomic mass is 10.2. The Labute approximate surface area is 105 Å². The van der Waals surface area contributed by atoms with Gasteiger partial charge in [0.1, 0.15) is 19.6 Å². The van der Waals surface area contributed by atoms with Crippen LogP contribution >= 0.6 is 0 Å². The van der Waals surface area contributed by atoms with Crippen LogP contribution in [0.15, 0.2) is 0 Å². The summed E-state index contributed by atoms with van der Waals surface area (Å²) < 4.78 is 17.6. The van der Waals surface area contributed by atoms with Gasteiger partial charge in [-0.25, -0.2) is 0 Å². The van der Waals surface area contributed by atoms with E-state index in [1.807, 2.05) is 6.92 Å². The fourth-order valence-corrected chi connectivity index (χ4v) is 2.42. The zero-order valence-corrected chi connectivity index (χ0v) is 11.6. The molecule has 0 aromatic carbocycles. The summed E-state index contributed by atoms with van der Waals surface area (Å²) in [5, 5.41) is 0. The molecule has 4 heteroatoms. The van der Waals surface area contributed by atoms with E-state index in [1.54, 1.807) is 7.11 Å². The average molecular weight is 246 g/mol. The molecule has 0 N–H and O–H groups in total. The van der Waals surface area contributed by atoms with E-state index in [2.05, 4.69) is 6.92 Å². The van der Waals surface area contributed by atoms with Gasteiger partial charge in [-0.1, -0.05) is 13.3 Å². The van der Waals surface area contributed by atoms with E-state index < -0.39 is 0 Å². The van der Waals surface area contributed by atoms with E-state index in [0.29, 0.717) is 6.61 Å². The number of hydrogen-bond acceptors (Lipinski definition) is 3. The third-order valence-electron chi connectivity index (χ3n) is 3.56. The van der Waals surface area contributed by atoms with Gasteiger partial charge in [0, 0.05) is 13.7 Å². The maximum absolute atomic E-state index is 5.62. The summed E-state index contributed by atoms with van der Waals surface area (Å²) in [7, 11) is 1.73. The first-order valence-corrected chi connectivity index (χ1v) is 6.83. The molecule has 1 aliphatic heterocycles. The van der Waals surface area contributed by atoms with Crippen LogP contribution in [0.5, 0.6) is 0 Å². The molecular formula is C13H28NO3+. The normalized spacial score (nSPS) is 21.4. The van der Waals surface area contributed by atoms with E-state index in [1.165, 1.54) is 19.4 Å². The Kier molecular flexibility index (Phi) is 7.04. The third kappa shape index (κ3) is 4.92. The fourth-order valence-electron chi connectivity index (χ4n) is 2.42. The summed E-state index contributed by atoms with van der Waals surface area (Å²) in [4.78, 5) is 0. The lowest BCUT2D eigenvalue weighted by molar-refractivity contribution is -0.940. The van der Waals surface area contributed by atoms with E-state index in [0.717, 1.165) is 37.3 Å². The predicted molar refractivity (Wildman–Crippen MR) is 67.9 cm³/mol. The summed E-state index contributed by atoms with van der Waals surface area (Å²) in [6, 6.07) is 0. The quantitative estimate of drug-likeness (QED) is 0.481. The van der Waals surface area contributed by atoms with Crippen LogP contribution in [0, 0.1) is 0 Å². The third-order valence-corrected chi connectivity index (χ3v) is 3.56. The first kappa shape index (κ1) is 14.9. The summed E-state index contributed by atoms with van der Waals surface area (Å²) in [5.41, 5.74) is 0. The Bertz CT molecular complexity index is 193. The topological polar surface area (TPSA) is 27.7 Å². The molecule has 1 fully saturated rings. The lowest BCUT2D eigenvalue weighted by Gasteiger charge is -2.42. The van der Waals surface area contributed by atoms with Crippen LogP contribution in [-0.2, 0) is 14.2 Å². The molecule has 0 amide bonds. The second kappa shape index (κ2) is 8.03. The smallest absolute Gasteiger partial charge is 0.207 e. The van der Waals surface area contributed by atoms with Gasteiger partial charge in [-0.2, -0.15) is 0 Å². The van der Waals surface area contributed by atoms with Crippen molar-refractivity contribution in [1.82, 2.24) is 0 Å². The summed E-state index contributed by atoms with van der Waals surface area (Å²) in [5.74, 6) is 0. The van der Waals surface area contributed by atoms with Gasteiger partial charge in [0.2, 0.25) is 6.29 Å². The van der Waals surface area contributed by atoms with Gasteiger partial charge in [0.05, 0.1) is 19.8 Å². The zero-order chi connectivity index (χ0) is 12.6. The first-order valence-electron chi connectivity index (χ1n) is 6.83. The predicted octanol–water partition coefficient (Wildman–Crippen LogP) is 1.64. The van der Waals surface area contributed by atoms with Gasteiger partial charge in [0.15, 0.2) is 0 Å². The van der Waals surface area contributed by atoms with Crippen molar-refractivity contribution in [3.8, 4) is 0 Å². The van der Waals surface area contributed by atoms with Crippen LogP contribution in [0.3, 0.4) is 0 Å². The molecule has 1 unspecified atom stereocenters. The van der Waals surface area contributed by atoms with Crippen molar-refractivity contribution in [1.29, 1.82) is 0 Å². The number of methoxy groups -OCH3 is 1. The van der Waals surface area contributed by atoms with Gasteiger partial charge < -0.3 is 18.7 Å². The molecule has 0 bridgehead atoms. The molecule has 0 aliphatic carbocycles. The Hall–Kier alpha value is -0.160. The highest BCUT2D eigenvalue weighted by molar-refractivity contribution is 4.54. The Morgan fingerprint density at radius 1 is 1.24 bits per heavy atom. The average Bonchev–Trinajstić information content (AvgIpc) is 2.37. The summed E-state index contributed by atoms with van der Waals surface area (Å²) in [6.45, 7) is 11.1. The second-order valence-electron chi connectivity index (χ2n) is 4.78. The molecule has 0 aromatic rings. The van der Waals surface area contributed by atoms with Crippen LogP contribution in [-0.4, -0.2) is 63.9 Å². The van der Waals surface area contributed by atoms with Crippen molar-refractivity contribution in [3.05, 3.63) is 0 Å². The molecule has 1 saturated heterocycles. The molecule has 17 heavy (non-hydrogen) atoms. The van der Waals surface area contributed by atoms with Gasteiger partial charge in [-0.3, -0.25) is 0 Å². The van der Waals surface area contributed by atoms with Crippen molar-refractivity contribution in [3.63, 3.8) is 0 Å². The number of hydrogen-bond donors (Lipinski definition) is 0. The van der Waals surface area contributed by atoms with Gasteiger partial charge in [-0.05, 0) is 13.3 Å². The maximum Gasteiger partial charge on any atom is 0.207 e. The molecule has 0 aromatic heterocycles. The SMILES string of the molecule is CCCC[N+]1(CC(OC)OCC)CCOCC1. The minimum atomic E-state index is -0.0741. The molecule has 0 saturated carbocycles. The van der Waals surface area contributed by atoms with Crippen LogP contribution in [0.2, 0.25) is 0 Å². The van der Waals surface area contributed by atoms with E-state index in [-0.39, 0.29) is 6.29 Å². The molecule has 0 radical (unpaired) electrons. The Balaban J connectivity index is 2.54. The number of quaternary nitrogens is 1. The molecule has 0 spiro atoms. The molecule has 1 heterocycles. The number of rotatable bonds is 8. The van der Waals surface area contributed by atoms with Crippen LogP contribution < -0.4 is 0 Å². The summed E-state index contributed by atoms with van der Waals surface area (Å²) in [6.07, 6.45) is 2.44. The van der Waals surface area contributed by atoms with E-state index in [9.17, 15) is 0 Å². The minimum Gasteiger partial charge on any atom is -0.370 e. The monoisotopic (exact) mass is 246 g/mol. The van der Waals surface area contributed by atoms with Crippen molar-refractivity contribution < 1.29 is 18.7 Å². The maximum atomic E-state index is 5.62. The molecular weight excluding hydrogens is 218 g/mol. The van der Waals surface area contributed by atoms with E-state index in [4.69, 9.17) is 14.2 Å². The van der Waals surface area contributed by atoms with Gasteiger partial charge in [0.25, 0.3) is 0 Å². The van der Waals surface area contributed by atoms with Crippen LogP contribution in [0.4, 0.5) is 0 Å². The minimum absolute atomic E-state index is 0.0741. The van der Waals surface area contributed by atoms with Gasteiger partial charge >= 0.3 is 0 Å². The van der Waals surface area contributed by atoms with Gasteiger partial charge in [-0.15, -0.1) is 0 Å². The van der Waals surface area contributed by atoms with Crippen molar-refractivity contribution in [2.24, 2.45) is 0 Å². The highest BCUT2D eigenvalue weighted by Crippen LogP contribution is 2.16. The highest BCUT2D eigenvalue weighted by Gasteiger charge is 2.33.